The molecule has 0 N–H and O–H groups in total. The van der Waals surface area contributed by atoms with Crippen molar-refractivity contribution in [3.63, 3.8) is 0 Å². The molecule has 1 amide bonds. The first-order valence-electron chi connectivity index (χ1n) is 8.58. The van der Waals surface area contributed by atoms with E-state index in [0.717, 1.165) is 4.96 Å². The number of carbonyl (C=O) groups is 3. The predicted molar refractivity (Wildman–Crippen MR) is 93.7 cm³/mol. The third-order valence-electron chi connectivity index (χ3n) is 4.29. The summed E-state index contributed by atoms with van der Waals surface area (Å²) < 4.78 is 11.9. The van der Waals surface area contributed by atoms with Crippen LogP contribution in [-0.2, 0) is 30.3 Å². The van der Waals surface area contributed by atoms with Gasteiger partial charge in [0.25, 0.3) is 5.91 Å². The maximum absolute atomic E-state index is 12.2. The summed E-state index contributed by atoms with van der Waals surface area (Å²) in [6.45, 7) is 2.79. The lowest BCUT2D eigenvalue weighted by Gasteiger charge is -2.30. The number of ether oxygens (including phenoxy) is 2. The quantitative estimate of drug-likeness (QED) is 0.703. The first kappa shape index (κ1) is 18.4. The number of amides is 1. The molecule has 26 heavy (non-hydrogen) atoms. The molecule has 0 aliphatic carbocycles. The molecule has 0 saturated carbocycles. The van der Waals surface area contributed by atoms with Crippen LogP contribution in [0.4, 0.5) is 0 Å². The maximum atomic E-state index is 12.2. The summed E-state index contributed by atoms with van der Waals surface area (Å²) in [5, 5.41) is 1.91. The van der Waals surface area contributed by atoms with Crippen molar-refractivity contribution in [2.24, 2.45) is 5.92 Å². The molecule has 1 aliphatic heterocycles. The SMILES string of the molecule is CCOC(=O)C1CCN(C(=O)COC(=O)Cc2cn3ccsc3n2)CC1. The fraction of sp³-hybridized carbons (Fsp3) is 0.529. The Kier molecular flexibility index (Phi) is 5.87. The van der Waals surface area contributed by atoms with Gasteiger partial charge in [0.15, 0.2) is 11.6 Å². The summed E-state index contributed by atoms with van der Waals surface area (Å²) in [6.07, 6.45) is 4.82. The molecule has 0 spiro atoms. The predicted octanol–water partition coefficient (Wildman–Crippen LogP) is 1.28. The number of nitrogens with zero attached hydrogens (tertiary/aromatic N) is 3. The van der Waals surface area contributed by atoms with Crippen LogP contribution >= 0.6 is 11.3 Å². The number of fused-ring (bicyclic) bond motifs is 1. The lowest BCUT2D eigenvalue weighted by molar-refractivity contribution is -0.154. The van der Waals surface area contributed by atoms with Crippen LogP contribution in [0.5, 0.6) is 0 Å². The molecule has 1 fully saturated rings. The average molecular weight is 379 g/mol. The molecule has 1 saturated heterocycles. The summed E-state index contributed by atoms with van der Waals surface area (Å²) >= 11 is 1.48. The van der Waals surface area contributed by atoms with Crippen molar-refractivity contribution in [1.82, 2.24) is 14.3 Å². The Labute approximate surface area is 154 Å². The van der Waals surface area contributed by atoms with Crippen LogP contribution in [0.25, 0.3) is 4.96 Å². The number of hydrogen-bond donors (Lipinski definition) is 0. The highest BCUT2D eigenvalue weighted by atomic mass is 32.1. The Morgan fingerprint density at radius 2 is 2.04 bits per heavy atom. The van der Waals surface area contributed by atoms with E-state index in [0.29, 0.717) is 38.2 Å². The van der Waals surface area contributed by atoms with E-state index in [1.54, 1.807) is 18.0 Å². The van der Waals surface area contributed by atoms with Gasteiger partial charge in [0.2, 0.25) is 0 Å². The second-order valence-corrected chi connectivity index (χ2v) is 6.94. The third-order valence-corrected chi connectivity index (χ3v) is 5.06. The number of rotatable bonds is 6. The molecule has 2 aromatic rings. The van der Waals surface area contributed by atoms with Crippen LogP contribution in [0, 0.1) is 5.92 Å². The van der Waals surface area contributed by atoms with Crippen LogP contribution in [0.1, 0.15) is 25.5 Å². The number of carbonyl (C=O) groups excluding carboxylic acids is 3. The molecule has 9 heteroatoms. The monoisotopic (exact) mass is 379 g/mol. The lowest BCUT2D eigenvalue weighted by atomic mass is 9.97. The van der Waals surface area contributed by atoms with E-state index in [4.69, 9.17) is 9.47 Å². The number of imidazole rings is 1. The Bertz CT molecular complexity index is 763. The maximum Gasteiger partial charge on any atom is 0.312 e. The Morgan fingerprint density at radius 1 is 1.27 bits per heavy atom. The highest BCUT2D eigenvalue weighted by Crippen LogP contribution is 2.19. The van der Waals surface area contributed by atoms with Gasteiger partial charge < -0.3 is 14.4 Å². The first-order valence-corrected chi connectivity index (χ1v) is 9.46. The topological polar surface area (TPSA) is 90.2 Å². The second kappa shape index (κ2) is 8.31. The van der Waals surface area contributed by atoms with Crippen molar-refractivity contribution in [1.29, 1.82) is 0 Å². The van der Waals surface area contributed by atoms with E-state index < -0.39 is 5.97 Å². The zero-order chi connectivity index (χ0) is 18.5. The fourth-order valence-electron chi connectivity index (χ4n) is 2.92. The average Bonchev–Trinajstić information content (AvgIpc) is 3.21. The van der Waals surface area contributed by atoms with Gasteiger partial charge in [-0.3, -0.25) is 18.8 Å². The van der Waals surface area contributed by atoms with Gasteiger partial charge in [0.05, 0.1) is 24.6 Å². The van der Waals surface area contributed by atoms with Gasteiger partial charge in [0, 0.05) is 30.9 Å². The molecule has 0 radical (unpaired) electrons. The zero-order valence-electron chi connectivity index (χ0n) is 14.6. The smallest absolute Gasteiger partial charge is 0.312 e. The Morgan fingerprint density at radius 3 is 2.73 bits per heavy atom. The van der Waals surface area contributed by atoms with Gasteiger partial charge in [-0.05, 0) is 19.8 Å². The second-order valence-electron chi connectivity index (χ2n) is 6.07. The van der Waals surface area contributed by atoms with E-state index in [1.165, 1.54) is 11.3 Å². The van der Waals surface area contributed by atoms with Crippen molar-refractivity contribution < 1.29 is 23.9 Å². The van der Waals surface area contributed by atoms with Crippen molar-refractivity contribution in [2.45, 2.75) is 26.2 Å². The molecule has 1 aliphatic rings. The van der Waals surface area contributed by atoms with Gasteiger partial charge in [-0.15, -0.1) is 11.3 Å². The molecular formula is C17H21N3O5S. The van der Waals surface area contributed by atoms with Crippen molar-refractivity contribution in [3.05, 3.63) is 23.5 Å². The van der Waals surface area contributed by atoms with E-state index in [1.807, 2.05) is 16.0 Å². The van der Waals surface area contributed by atoms with Crippen LogP contribution in [0.2, 0.25) is 0 Å². The number of esters is 2. The van der Waals surface area contributed by atoms with Crippen LogP contribution in [-0.4, -0.2) is 58.4 Å². The Balaban J connectivity index is 1.40. The summed E-state index contributed by atoms with van der Waals surface area (Å²) in [5.41, 5.74) is 0.615. The minimum atomic E-state index is -0.481. The summed E-state index contributed by atoms with van der Waals surface area (Å²) in [6, 6.07) is 0. The van der Waals surface area contributed by atoms with E-state index >= 15 is 0 Å². The van der Waals surface area contributed by atoms with Gasteiger partial charge >= 0.3 is 11.9 Å². The molecular weight excluding hydrogens is 358 g/mol. The van der Waals surface area contributed by atoms with Crippen LogP contribution in [0.15, 0.2) is 17.8 Å². The molecule has 3 heterocycles. The molecule has 140 valence electrons. The molecule has 0 aromatic carbocycles. The number of aromatic nitrogens is 2. The van der Waals surface area contributed by atoms with E-state index in [-0.39, 0.29) is 30.8 Å². The van der Waals surface area contributed by atoms with Crippen molar-refractivity contribution >= 4 is 34.1 Å². The van der Waals surface area contributed by atoms with E-state index in [9.17, 15) is 14.4 Å². The van der Waals surface area contributed by atoms with Crippen LogP contribution < -0.4 is 0 Å². The zero-order valence-corrected chi connectivity index (χ0v) is 15.4. The largest absolute Gasteiger partial charge is 0.466 e. The highest BCUT2D eigenvalue weighted by molar-refractivity contribution is 7.15. The van der Waals surface area contributed by atoms with Crippen molar-refractivity contribution in [3.8, 4) is 0 Å². The fourth-order valence-corrected chi connectivity index (χ4v) is 3.64. The molecule has 2 aromatic heterocycles. The lowest BCUT2D eigenvalue weighted by Crippen LogP contribution is -2.42. The van der Waals surface area contributed by atoms with Crippen molar-refractivity contribution in [2.75, 3.05) is 26.3 Å². The minimum Gasteiger partial charge on any atom is -0.466 e. The van der Waals surface area contributed by atoms with Crippen LogP contribution in [0.3, 0.4) is 0 Å². The van der Waals surface area contributed by atoms with Gasteiger partial charge in [-0.2, -0.15) is 0 Å². The summed E-state index contributed by atoms with van der Waals surface area (Å²) in [5.74, 6) is -1.08. The molecule has 0 unspecified atom stereocenters. The van der Waals surface area contributed by atoms with Gasteiger partial charge in [-0.25, -0.2) is 4.98 Å². The normalized spacial score (nSPS) is 15.2. The highest BCUT2D eigenvalue weighted by Gasteiger charge is 2.28. The first-order chi connectivity index (χ1) is 12.6. The van der Waals surface area contributed by atoms with Gasteiger partial charge in [0.1, 0.15) is 0 Å². The number of hydrogen-bond acceptors (Lipinski definition) is 7. The summed E-state index contributed by atoms with van der Waals surface area (Å²) in [4.78, 5) is 42.5. The number of thiazole rings is 1. The van der Waals surface area contributed by atoms with E-state index in [2.05, 4.69) is 4.98 Å². The number of likely N-dealkylation sites (tertiary alicyclic amines) is 1. The Hall–Kier alpha value is -2.42. The molecule has 0 bridgehead atoms. The molecule has 0 atom stereocenters. The number of piperidine rings is 1. The molecule has 3 rings (SSSR count). The third kappa shape index (κ3) is 4.40. The molecule has 8 nitrogen and oxygen atoms in total. The summed E-state index contributed by atoms with van der Waals surface area (Å²) in [7, 11) is 0. The standard InChI is InChI=1S/C17H21N3O5S/c1-2-24-16(23)12-3-5-19(6-4-12)14(21)11-25-15(22)9-13-10-20-7-8-26-17(20)18-13/h7-8,10,12H,2-6,9,11H2,1H3. The van der Waals surface area contributed by atoms with Gasteiger partial charge in [-0.1, -0.05) is 0 Å². The minimum absolute atomic E-state index is 0.0343.